The summed E-state index contributed by atoms with van der Waals surface area (Å²) >= 11 is 6.09. The van der Waals surface area contributed by atoms with E-state index in [1.807, 2.05) is 0 Å². The quantitative estimate of drug-likeness (QED) is 0.508. The van der Waals surface area contributed by atoms with E-state index in [9.17, 15) is 20.2 Å². The molecule has 0 unspecified atom stereocenters. The number of halogens is 1. The van der Waals surface area contributed by atoms with Gasteiger partial charge in [-0.15, -0.1) is 0 Å². The van der Waals surface area contributed by atoms with E-state index < -0.39 is 21.2 Å². The van der Waals surface area contributed by atoms with Gasteiger partial charge in [-0.25, -0.2) is 0 Å². The molecule has 0 aliphatic rings. The lowest BCUT2D eigenvalue weighted by Crippen LogP contribution is -1.96. The smallest absolute Gasteiger partial charge is 0.318 e. The minimum Gasteiger partial charge on any atom is -0.448 e. The third kappa shape index (κ3) is 2.82. The van der Waals surface area contributed by atoms with E-state index >= 15 is 0 Å². The Bertz CT molecular complexity index is 976. The molecule has 0 N–H and O–H groups in total. The highest BCUT2D eigenvalue weighted by atomic mass is 35.5. The SMILES string of the molecule is O=[N+]([O-])c1ccc(Oc2ccc(Cl)c3cccnc23)c([N+](=O)[O-])c1. The van der Waals surface area contributed by atoms with Gasteiger partial charge in [-0.05, 0) is 30.3 Å². The van der Waals surface area contributed by atoms with Gasteiger partial charge in [-0.3, -0.25) is 25.2 Å². The summed E-state index contributed by atoms with van der Waals surface area (Å²) in [5.41, 5.74) is -0.478. The van der Waals surface area contributed by atoms with Gasteiger partial charge in [-0.1, -0.05) is 11.6 Å². The summed E-state index contributed by atoms with van der Waals surface area (Å²) in [6, 6.07) is 9.71. The van der Waals surface area contributed by atoms with Crippen molar-refractivity contribution in [1.82, 2.24) is 4.98 Å². The molecule has 8 nitrogen and oxygen atoms in total. The van der Waals surface area contributed by atoms with Gasteiger partial charge in [-0.2, -0.15) is 0 Å². The summed E-state index contributed by atoms with van der Waals surface area (Å²) in [7, 11) is 0. The monoisotopic (exact) mass is 345 g/mol. The Morgan fingerprint density at radius 1 is 1.00 bits per heavy atom. The second kappa shape index (κ2) is 6.09. The lowest BCUT2D eigenvalue weighted by Gasteiger charge is -2.09. The number of pyridine rings is 1. The summed E-state index contributed by atoms with van der Waals surface area (Å²) in [6.45, 7) is 0. The first-order chi connectivity index (χ1) is 11.5. The molecule has 0 amide bonds. The molecule has 1 heterocycles. The van der Waals surface area contributed by atoms with Crippen LogP contribution in [0.1, 0.15) is 0 Å². The van der Waals surface area contributed by atoms with Crippen LogP contribution in [0, 0.1) is 20.2 Å². The number of aromatic nitrogens is 1. The fourth-order valence-electron chi connectivity index (χ4n) is 2.16. The second-order valence-electron chi connectivity index (χ2n) is 4.71. The molecule has 3 aromatic rings. The van der Waals surface area contributed by atoms with Crippen molar-refractivity contribution in [3.05, 3.63) is 73.9 Å². The Hall–Kier alpha value is -3.26. The summed E-state index contributed by atoms with van der Waals surface area (Å²) in [5, 5.41) is 23.0. The fourth-order valence-corrected chi connectivity index (χ4v) is 2.38. The van der Waals surface area contributed by atoms with Crippen LogP contribution in [-0.4, -0.2) is 14.8 Å². The van der Waals surface area contributed by atoms with Gasteiger partial charge < -0.3 is 4.74 Å². The van der Waals surface area contributed by atoms with Crippen LogP contribution >= 0.6 is 11.6 Å². The molecule has 0 aliphatic heterocycles. The standard InChI is InChI=1S/C15H8ClN3O5/c16-11-4-6-14(15-10(11)2-1-7-17-15)24-13-5-3-9(18(20)21)8-12(13)19(22)23/h1-8H. The Morgan fingerprint density at radius 3 is 2.46 bits per heavy atom. The third-order valence-corrected chi connectivity index (χ3v) is 3.58. The van der Waals surface area contributed by atoms with Gasteiger partial charge in [0.05, 0.1) is 20.9 Å². The Labute approximate surface area is 139 Å². The van der Waals surface area contributed by atoms with Crippen molar-refractivity contribution in [3.63, 3.8) is 0 Å². The molecule has 3 rings (SSSR count). The third-order valence-electron chi connectivity index (χ3n) is 3.25. The van der Waals surface area contributed by atoms with E-state index in [1.54, 1.807) is 18.2 Å². The maximum atomic E-state index is 11.2. The number of rotatable bonds is 4. The first-order valence-electron chi connectivity index (χ1n) is 6.61. The zero-order valence-corrected chi connectivity index (χ0v) is 12.6. The molecule has 120 valence electrons. The molecule has 1 aromatic heterocycles. The predicted molar refractivity (Wildman–Crippen MR) is 86.6 cm³/mol. The first kappa shape index (κ1) is 15.6. The average Bonchev–Trinajstić information content (AvgIpc) is 2.57. The lowest BCUT2D eigenvalue weighted by molar-refractivity contribution is -0.394. The van der Waals surface area contributed by atoms with Gasteiger partial charge in [0.15, 0.2) is 5.75 Å². The molecule has 0 saturated heterocycles. The molecule has 0 radical (unpaired) electrons. The molecule has 0 aliphatic carbocycles. The van der Waals surface area contributed by atoms with E-state index in [0.717, 1.165) is 12.1 Å². The molecule has 0 spiro atoms. The number of ether oxygens (including phenoxy) is 1. The minimum absolute atomic E-state index is 0.125. The van der Waals surface area contributed by atoms with Gasteiger partial charge in [0, 0.05) is 17.6 Å². The van der Waals surface area contributed by atoms with Crippen molar-refractivity contribution in [2.75, 3.05) is 0 Å². The van der Waals surface area contributed by atoms with Crippen LogP contribution < -0.4 is 4.74 Å². The summed E-state index contributed by atoms with van der Waals surface area (Å²) < 4.78 is 5.59. The topological polar surface area (TPSA) is 108 Å². The van der Waals surface area contributed by atoms with Crippen molar-refractivity contribution >= 4 is 33.9 Å². The summed E-state index contributed by atoms with van der Waals surface area (Å²) in [5.74, 6) is 0.131. The highest BCUT2D eigenvalue weighted by Crippen LogP contribution is 2.37. The number of fused-ring (bicyclic) bond motifs is 1. The zero-order chi connectivity index (χ0) is 17.3. The normalized spacial score (nSPS) is 10.5. The molecule has 0 fully saturated rings. The number of non-ortho nitro benzene ring substituents is 1. The number of benzene rings is 2. The van der Waals surface area contributed by atoms with Gasteiger partial charge in [0.2, 0.25) is 5.75 Å². The zero-order valence-electron chi connectivity index (χ0n) is 11.9. The maximum absolute atomic E-state index is 11.2. The molecule has 2 aromatic carbocycles. The van der Waals surface area contributed by atoms with Gasteiger partial charge >= 0.3 is 5.69 Å². The summed E-state index contributed by atoms with van der Waals surface area (Å²) in [6.07, 6.45) is 1.54. The maximum Gasteiger partial charge on any atom is 0.318 e. The van der Waals surface area contributed by atoms with Crippen molar-refractivity contribution in [2.45, 2.75) is 0 Å². The Morgan fingerprint density at radius 2 is 1.75 bits per heavy atom. The second-order valence-corrected chi connectivity index (χ2v) is 5.12. The van der Waals surface area contributed by atoms with Crippen LogP contribution in [-0.2, 0) is 0 Å². The van der Waals surface area contributed by atoms with Gasteiger partial charge in [0.25, 0.3) is 5.69 Å². The lowest BCUT2D eigenvalue weighted by atomic mass is 10.2. The minimum atomic E-state index is -0.742. The number of hydrogen-bond acceptors (Lipinski definition) is 6. The van der Waals surface area contributed by atoms with Crippen molar-refractivity contribution in [3.8, 4) is 11.5 Å². The number of nitro groups is 2. The molecule has 9 heteroatoms. The largest absolute Gasteiger partial charge is 0.448 e. The highest BCUT2D eigenvalue weighted by molar-refractivity contribution is 6.35. The fraction of sp³-hybridized carbons (Fsp3) is 0. The summed E-state index contributed by atoms with van der Waals surface area (Å²) in [4.78, 5) is 24.7. The van der Waals surface area contributed by atoms with Crippen LogP contribution in [0.25, 0.3) is 10.9 Å². The van der Waals surface area contributed by atoms with E-state index in [-0.39, 0.29) is 11.5 Å². The van der Waals surface area contributed by atoms with E-state index in [2.05, 4.69) is 4.98 Å². The molecular weight excluding hydrogens is 338 g/mol. The number of nitrogens with zero attached hydrogens (tertiary/aromatic N) is 3. The number of hydrogen-bond donors (Lipinski definition) is 0. The molecular formula is C15H8ClN3O5. The van der Waals surface area contributed by atoms with Crippen molar-refractivity contribution in [2.24, 2.45) is 0 Å². The Kier molecular flexibility index (Phi) is 3.97. The van der Waals surface area contributed by atoms with Gasteiger partial charge in [0.1, 0.15) is 5.52 Å². The van der Waals surface area contributed by atoms with Crippen molar-refractivity contribution in [1.29, 1.82) is 0 Å². The van der Waals surface area contributed by atoms with Crippen LogP contribution in [0.3, 0.4) is 0 Å². The van der Waals surface area contributed by atoms with Crippen molar-refractivity contribution < 1.29 is 14.6 Å². The average molecular weight is 346 g/mol. The number of nitro benzene ring substituents is 2. The Balaban J connectivity index is 2.11. The highest BCUT2D eigenvalue weighted by Gasteiger charge is 2.22. The van der Waals surface area contributed by atoms with Crippen LogP contribution in [0.5, 0.6) is 11.5 Å². The molecule has 0 bridgehead atoms. The predicted octanol–water partition coefficient (Wildman–Crippen LogP) is 4.50. The van der Waals surface area contributed by atoms with Crippen LogP contribution in [0.2, 0.25) is 5.02 Å². The molecule has 0 saturated carbocycles. The molecule has 24 heavy (non-hydrogen) atoms. The molecule has 0 atom stereocenters. The van der Waals surface area contributed by atoms with Crippen LogP contribution in [0.4, 0.5) is 11.4 Å². The van der Waals surface area contributed by atoms with Crippen LogP contribution in [0.15, 0.2) is 48.7 Å². The van der Waals surface area contributed by atoms with E-state index in [4.69, 9.17) is 16.3 Å². The van der Waals surface area contributed by atoms with E-state index in [1.165, 1.54) is 18.3 Å². The van der Waals surface area contributed by atoms with E-state index in [0.29, 0.717) is 15.9 Å². The first-order valence-corrected chi connectivity index (χ1v) is 6.99.